The van der Waals surface area contributed by atoms with Crippen LogP contribution in [-0.2, 0) is 9.53 Å². The molecular weight excluding hydrogens is 335 g/mol. The Bertz CT molecular complexity index is 602. The van der Waals surface area contributed by atoms with Crippen molar-refractivity contribution >= 4 is 5.91 Å². The van der Waals surface area contributed by atoms with E-state index in [4.69, 9.17) is 9.47 Å². The largest absolute Gasteiger partial charge is 0.490 e. The zero-order chi connectivity index (χ0) is 18.5. The van der Waals surface area contributed by atoms with Gasteiger partial charge < -0.3 is 14.4 Å². The number of rotatable bonds is 5. The molecule has 1 aromatic carbocycles. The maximum absolute atomic E-state index is 13.2. The van der Waals surface area contributed by atoms with E-state index in [1.807, 2.05) is 4.90 Å². The lowest BCUT2D eigenvalue weighted by molar-refractivity contribution is -0.138. The van der Waals surface area contributed by atoms with Crippen molar-refractivity contribution in [3.63, 3.8) is 0 Å². The van der Waals surface area contributed by atoms with Gasteiger partial charge in [-0.15, -0.1) is 0 Å². The van der Waals surface area contributed by atoms with E-state index in [9.17, 15) is 9.18 Å². The first kappa shape index (κ1) is 19.1. The number of halogens is 1. The molecule has 0 unspecified atom stereocenters. The minimum absolute atomic E-state index is 0.0140. The summed E-state index contributed by atoms with van der Waals surface area (Å²) >= 11 is 0. The first-order valence-electron chi connectivity index (χ1n) is 9.57. The molecule has 26 heavy (non-hydrogen) atoms. The Morgan fingerprint density at radius 1 is 1.31 bits per heavy atom. The fourth-order valence-electron chi connectivity index (χ4n) is 3.61. The summed E-state index contributed by atoms with van der Waals surface area (Å²) in [6, 6.07) is 6.70. The van der Waals surface area contributed by atoms with Gasteiger partial charge in [0.2, 0.25) is 5.91 Å². The average molecular weight is 364 g/mol. The highest BCUT2D eigenvalue weighted by atomic mass is 19.1. The predicted molar refractivity (Wildman–Crippen MR) is 97.7 cm³/mol. The van der Waals surface area contributed by atoms with Gasteiger partial charge in [-0.2, -0.15) is 0 Å². The summed E-state index contributed by atoms with van der Waals surface area (Å²) in [7, 11) is 0. The highest BCUT2D eigenvalue weighted by Crippen LogP contribution is 2.21. The van der Waals surface area contributed by atoms with Crippen LogP contribution in [0, 0.1) is 5.82 Å². The van der Waals surface area contributed by atoms with Crippen LogP contribution in [0.2, 0.25) is 0 Å². The van der Waals surface area contributed by atoms with Crippen LogP contribution >= 0.6 is 0 Å². The molecule has 6 heteroatoms. The summed E-state index contributed by atoms with van der Waals surface area (Å²) in [4.78, 5) is 16.9. The number of ether oxygens (including phenoxy) is 2. The summed E-state index contributed by atoms with van der Waals surface area (Å²) in [5.41, 5.74) is 0. The molecule has 0 bridgehead atoms. The molecule has 5 nitrogen and oxygen atoms in total. The van der Waals surface area contributed by atoms with E-state index in [0.717, 1.165) is 25.9 Å². The minimum Gasteiger partial charge on any atom is -0.490 e. The molecule has 2 fully saturated rings. The number of hydrogen-bond donors (Lipinski definition) is 0. The van der Waals surface area contributed by atoms with Crippen molar-refractivity contribution in [1.29, 1.82) is 0 Å². The van der Waals surface area contributed by atoms with E-state index >= 15 is 0 Å². The molecule has 0 N–H and O–H groups in total. The summed E-state index contributed by atoms with van der Waals surface area (Å²) in [6.45, 7) is 8.16. The lowest BCUT2D eigenvalue weighted by Crippen LogP contribution is -2.48. The van der Waals surface area contributed by atoms with Crippen molar-refractivity contribution in [2.45, 2.75) is 51.4 Å². The molecule has 2 aliphatic rings. The maximum Gasteiger partial charge on any atom is 0.225 e. The third-order valence-corrected chi connectivity index (χ3v) is 5.20. The van der Waals surface area contributed by atoms with Gasteiger partial charge >= 0.3 is 0 Å². The van der Waals surface area contributed by atoms with Crippen molar-refractivity contribution < 1.29 is 18.7 Å². The van der Waals surface area contributed by atoms with Crippen LogP contribution in [0.25, 0.3) is 0 Å². The molecule has 1 amide bonds. The number of amides is 1. The molecule has 0 radical (unpaired) electrons. The van der Waals surface area contributed by atoms with Crippen molar-refractivity contribution in [2.75, 3.05) is 32.8 Å². The van der Waals surface area contributed by atoms with Crippen LogP contribution < -0.4 is 4.74 Å². The van der Waals surface area contributed by atoms with Gasteiger partial charge in [0.25, 0.3) is 0 Å². The van der Waals surface area contributed by atoms with Gasteiger partial charge in [0.05, 0.1) is 19.1 Å². The van der Waals surface area contributed by atoms with E-state index in [2.05, 4.69) is 18.7 Å². The van der Waals surface area contributed by atoms with Crippen LogP contribution in [0.1, 0.15) is 33.1 Å². The fraction of sp³-hybridized carbons (Fsp3) is 0.650. The molecule has 3 rings (SSSR count). The molecule has 144 valence electrons. The lowest BCUT2D eigenvalue weighted by atomic mass is 10.1. The number of carbonyl (C=O) groups excluding carboxylic acids is 1. The van der Waals surface area contributed by atoms with Gasteiger partial charge in [-0.25, -0.2) is 4.39 Å². The zero-order valence-electron chi connectivity index (χ0n) is 15.7. The number of nitrogens with zero attached hydrogens (tertiary/aromatic N) is 2. The second-order valence-corrected chi connectivity index (χ2v) is 7.44. The van der Waals surface area contributed by atoms with Crippen molar-refractivity contribution in [3.05, 3.63) is 30.1 Å². The average Bonchev–Trinajstić information content (AvgIpc) is 2.62. The number of morpholine rings is 1. The van der Waals surface area contributed by atoms with E-state index in [0.29, 0.717) is 37.9 Å². The van der Waals surface area contributed by atoms with Crippen molar-refractivity contribution in [1.82, 2.24) is 9.80 Å². The third kappa shape index (κ3) is 5.17. The SMILES string of the molecule is CC(C)N1CCO[C@@H](CC(=O)N2CCC(Oc3cccc(F)c3)CC2)C1. The van der Waals surface area contributed by atoms with Gasteiger partial charge in [-0.3, -0.25) is 9.69 Å². The number of likely N-dealkylation sites (tertiary alicyclic amines) is 1. The van der Waals surface area contributed by atoms with Gasteiger partial charge in [0.1, 0.15) is 17.7 Å². The maximum atomic E-state index is 13.2. The molecule has 0 aromatic heterocycles. The molecule has 1 atom stereocenters. The van der Waals surface area contributed by atoms with Crippen molar-refractivity contribution in [2.24, 2.45) is 0 Å². The Labute approximate surface area is 155 Å². The van der Waals surface area contributed by atoms with Gasteiger partial charge in [0, 0.05) is 51.1 Å². The zero-order valence-corrected chi connectivity index (χ0v) is 15.7. The van der Waals surface area contributed by atoms with Crippen LogP contribution in [0.5, 0.6) is 5.75 Å². The van der Waals surface area contributed by atoms with Crippen LogP contribution in [0.3, 0.4) is 0 Å². The van der Waals surface area contributed by atoms with Crippen LogP contribution in [0.4, 0.5) is 4.39 Å². The molecular formula is C20H29FN2O3. The normalized spacial score (nSPS) is 22.6. The van der Waals surface area contributed by atoms with Crippen LogP contribution in [0.15, 0.2) is 24.3 Å². The van der Waals surface area contributed by atoms with E-state index in [1.165, 1.54) is 12.1 Å². The van der Waals surface area contributed by atoms with Gasteiger partial charge in [0.15, 0.2) is 0 Å². The second-order valence-electron chi connectivity index (χ2n) is 7.44. The Morgan fingerprint density at radius 2 is 2.08 bits per heavy atom. The Balaban J connectivity index is 1.43. The minimum atomic E-state index is -0.293. The fourth-order valence-corrected chi connectivity index (χ4v) is 3.61. The van der Waals surface area contributed by atoms with Gasteiger partial charge in [-0.05, 0) is 26.0 Å². The third-order valence-electron chi connectivity index (χ3n) is 5.20. The van der Waals surface area contributed by atoms with Crippen molar-refractivity contribution in [3.8, 4) is 5.75 Å². The highest BCUT2D eigenvalue weighted by Gasteiger charge is 2.29. The Kier molecular flexibility index (Phi) is 6.48. The van der Waals surface area contributed by atoms with E-state index < -0.39 is 0 Å². The van der Waals surface area contributed by atoms with Gasteiger partial charge in [-0.1, -0.05) is 6.07 Å². The molecule has 2 saturated heterocycles. The molecule has 2 aliphatic heterocycles. The standard InChI is InChI=1S/C20H29FN2O3/c1-15(2)23-10-11-25-19(14-23)13-20(24)22-8-6-17(7-9-22)26-18-5-3-4-16(21)12-18/h3-5,12,15,17,19H,6-11,13-14H2,1-2H3/t19-/m0/s1. The summed E-state index contributed by atoms with van der Waals surface area (Å²) in [5, 5.41) is 0. The summed E-state index contributed by atoms with van der Waals surface area (Å²) in [5.74, 6) is 0.419. The number of hydrogen-bond acceptors (Lipinski definition) is 4. The Hall–Kier alpha value is -1.66. The lowest BCUT2D eigenvalue weighted by Gasteiger charge is -2.37. The quantitative estimate of drug-likeness (QED) is 0.806. The highest BCUT2D eigenvalue weighted by molar-refractivity contribution is 5.76. The number of piperidine rings is 1. The topological polar surface area (TPSA) is 42.0 Å². The second kappa shape index (κ2) is 8.82. The monoisotopic (exact) mass is 364 g/mol. The molecule has 2 heterocycles. The predicted octanol–water partition coefficient (Wildman–Crippen LogP) is 2.69. The summed E-state index contributed by atoms with van der Waals surface area (Å²) in [6.07, 6.45) is 2.00. The Morgan fingerprint density at radius 3 is 2.77 bits per heavy atom. The number of carbonyl (C=O) groups is 1. The summed E-state index contributed by atoms with van der Waals surface area (Å²) < 4.78 is 24.9. The molecule has 0 spiro atoms. The van der Waals surface area contributed by atoms with E-state index in [1.54, 1.807) is 12.1 Å². The first-order valence-corrected chi connectivity index (χ1v) is 9.57. The number of benzene rings is 1. The molecule has 1 aromatic rings. The molecule has 0 saturated carbocycles. The first-order chi connectivity index (χ1) is 12.5. The van der Waals surface area contributed by atoms with E-state index in [-0.39, 0.29) is 23.9 Å². The smallest absolute Gasteiger partial charge is 0.225 e. The molecule has 0 aliphatic carbocycles. The van der Waals surface area contributed by atoms with Crippen LogP contribution in [-0.4, -0.2) is 66.7 Å².